The molecule has 1 aliphatic heterocycles. The van der Waals surface area contributed by atoms with Gasteiger partial charge in [0.25, 0.3) is 0 Å². The van der Waals surface area contributed by atoms with E-state index in [2.05, 4.69) is 68.7 Å². The summed E-state index contributed by atoms with van der Waals surface area (Å²) in [4.78, 5) is 0. The highest BCUT2D eigenvalue weighted by molar-refractivity contribution is 6.01. The predicted molar refractivity (Wildman–Crippen MR) is 106 cm³/mol. The summed E-state index contributed by atoms with van der Waals surface area (Å²) in [5.74, 6) is 0. The van der Waals surface area contributed by atoms with Gasteiger partial charge < -0.3 is 0 Å². The quantitative estimate of drug-likeness (QED) is 0.399. The van der Waals surface area contributed by atoms with Crippen LogP contribution in [0, 0.1) is 0 Å². The van der Waals surface area contributed by atoms with Crippen molar-refractivity contribution in [2.45, 2.75) is 71.6 Å². The predicted octanol–water partition coefficient (Wildman–Crippen LogP) is 6.60. The van der Waals surface area contributed by atoms with Gasteiger partial charge in [-0.05, 0) is 37.1 Å². The van der Waals surface area contributed by atoms with Gasteiger partial charge in [-0.2, -0.15) is 4.58 Å². The highest BCUT2D eigenvalue weighted by atomic mass is 15.1. The van der Waals surface area contributed by atoms with Crippen molar-refractivity contribution in [1.82, 2.24) is 0 Å². The number of rotatable bonds is 7. The van der Waals surface area contributed by atoms with Crippen LogP contribution in [0.2, 0.25) is 0 Å². The maximum absolute atomic E-state index is 2.58. The van der Waals surface area contributed by atoms with Crippen LogP contribution in [0.4, 0.5) is 5.69 Å². The van der Waals surface area contributed by atoms with Crippen molar-refractivity contribution in [3.63, 3.8) is 0 Å². The summed E-state index contributed by atoms with van der Waals surface area (Å²) in [5.41, 5.74) is 4.58. The van der Waals surface area contributed by atoms with Crippen molar-refractivity contribution >= 4 is 22.2 Å². The first-order valence-electron chi connectivity index (χ1n) is 9.71. The van der Waals surface area contributed by atoms with Gasteiger partial charge in [0.05, 0.1) is 5.41 Å². The van der Waals surface area contributed by atoms with Crippen LogP contribution in [0.25, 0.3) is 10.8 Å². The molecule has 1 nitrogen and oxygen atoms in total. The summed E-state index contributed by atoms with van der Waals surface area (Å²) in [6.07, 6.45) is 8.14. The van der Waals surface area contributed by atoms with E-state index in [1.165, 1.54) is 66.3 Å². The Morgan fingerprint density at radius 1 is 0.875 bits per heavy atom. The van der Waals surface area contributed by atoms with E-state index < -0.39 is 0 Å². The molecule has 3 rings (SSSR count). The fraction of sp³-hybridized carbons (Fsp3) is 0.522. The van der Waals surface area contributed by atoms with Crippen LogP contribution in [0.1, 0.15) is 71.8 Å². The van der Waals surface area contributed by atoms with Gasteiger partial charge in [-0.3, -0.25) is 0 Å². The van der Waals surface area contributed by atoms with Crippen LogP contribution in [0.15, 0.2) is 36.4 Å². The summed E-state index contributed by atoms with van der Waals surface area (Å²) >= 11 is 0. The maximum atomic E-state index is 2.58. The Bertz CT molecular complexity index is 752. The van der Waals surface area contributed by atoms with Crippen LogP contribution in [-0.2, 0) is 5.41 Å². The van der Waals surface area contributed by atoms with Gasteiger partial charge in [-0.25, -0.2) is 0 Å². The molecule has 24 heavy (non-hydrogen) atoms. The first kappa shape index (κ1) is 17.2. The Balaban J connectivity index is 1.84. The molecule has 0 saturated heterocycles. The molecule has 0 unspecified atom stereocenters. The summed E-state index contributed by atoms with van der Waals surface area (Å²) < 4.78 is 2.58. The number of unbranched alkanes of at least 4 members (excludes halogenated alkanes) is 5. The molecule has 0 aliphatic carbocycles. The average molecular weight is 323 g/mol. The number of nitrogens with zero attached hydrogens (tertiary/aromatic N) is 1. The van der Waals surface area contributed by atoms with Crippen molar-refractivity contribution in [2.75, 3.05) is 6.54 Å². The molecule has 0 N–H and O–H groups in total. The topological polar surface area (TPSA) is 3.01 Å². The number of benzene rings is 2. The summed E-state index contributed by atoms with van der Waals surface area (Å²) in [7, 11) is 0. The van der Waals surface area contributed by atoms with Crippen LogP contribution >= 0.6 is 0 Å². The normalized spacial score (nSPS) is 16.0. The van der Waals surface area contributed by atoms with Crippen LogP contribution in [0.5, 0.6) is 0 Å². The zero-order valence-corrected chi connectivity index (χ0v) is 15.9. The molecule has 0 saturated carbocycles. The van der Waals surface area contributed by atoms with Gasteiger partial charge in [0.1, 0.15) is 6.54 Å². The van der Waals surface area contributed by atoms with Crippen LogP contribution in [-0.4, -0.2) is 16.8 Å². The minimum Gasteiger partial charge on any atom is -0.199 e. The Hall–Kier alpha value is -1.63. The number of hydrogen-bond acceptors (Lipinski definition) is 0. The third-order valence-corrected chi connectivity index (χ3v) is 5.87. The first-order valence-corrected chi connectivity index (χ1v) is 9.71. The second-order valence-electron chi connectivity index (χ2n) is 7.81. The van der Waals surface area contributed by atoms with Crippen LogP contribution in [0.3, 0.4) is 0 Å². The third-order valence-electron chi connectivity index (χ3n) is 5.87. The lowest BCUT2D eigenvalue weighted by Crippen LogP contribution is -2.26. The lowest BCUT2D eigenvalue weighted by Gasteiger charge is -2.17. The number of fused-ring (bicyclic) bond motifs is 3. The van der Waals surface area contributed by atoms with E-state index in [4.69, 9.17) is 0 Å². The average Bonchev–Trinajstić information content (AvgIpc) is 2.78. The molecule has 0 amide bonds. The van der Waals surface area contributed by atoms with E-state index in [-0.39, 0.29) is 5.41 Å². The summed E-state index contributed by atoms with van der Waals surface area (Å²) in [5, 5.41) is 2.78. The molecule has 1 heteroatoms. The number of hydrogen-bond donors (Lipinski definition) is 0. The van der Waals surface area contributed by atoms with Gasteiger partial charge in [-0.15, -0.1) is 0 Å². The fourth-order valence-corrected chi connectivity index (χ4v) is 4.18. The second-order valence-corrected chi connectivity index (χ2v) is 7.81. The third kappa shape index (κ3) is 3.01. The Labute approximate surface area is 147 Å². The Morgan fingerprint density at radius 2 is 1.58 bits per heavy atom. The van der Waals surface area contributed by atoms with Gasteiger partial charge in [-0.1, -0.05) is 56.9 Å². The molecule has 128 valence electrons. The minimum absolute atomic E-state index is 0.123. The second kappa shape index (κ2) is 7.09. The molecule has 0 aromatic heterocycles. The van der Waals surface area contributed by atoms with Crippen LogP contribution < -0.4 is 0 Å². The SMILES string of the molecule is CCCCCCCC[N+]1=C(C)C(C)(C)c2c1ccc1ccccc21. The summed E-state index contributed by atoms with van der Waals surface area (Å²) in [6, 6.07) is 13.5. The van der Waals surface area contributed by atoms with E-state index >= 15 is 0 Å². The minimum atomic E-state index is 0.123. The largest absolute Gasteiger partial charge is 0.210 e. The van der Waals surface area contributed by atoms with Crippen molar-refractivity contribution in [3.05, 3.63) is 42.0 Å². The zero-order chi connectivity index (χ0) is 17.2. The molecule has 1 heterocycles. The molecule has 0 fully saturated rings. The van der Waals surface area contributed by atoms with Crippen molar-refractivity contribution in [1.29, 1.82) is 0 Å². The summed E-state index contributed by atoms with van der Waals surface area (Å²) in [6.45, 7) is 10.5. The van der Waals surface area contributed by atoms with Crippen molar-refractivity contribution < 1.29 is 4.58 Å². The first-order chi connectivity index (χ1) is 11.6. The molecule has 2 aromatic carbocycles. The van der Waals surface area contributed by atoms with Gasteiger partial charge in [0.2, 0.25) is 5.69 Å². The monoisotopic (exact) mass is 322 g/mol. The van der Waals surface area contributed by atoms with Gasteiger partial charge in [0, 0.05) is 25.0 Å². The van der Waals surface area contributed by atoms with E-state index in [0.717, 1.165) is 6.54 Å². The molecule has 0 radical (unpaired) electrons. The molecule has 0 bridgehead atoms. The Kier molecular flexibility index (Phi) is 5.08. The zero-order valence-electron chi connectivity index (χ0n) is 15.9. The molecular weight excluding hydrogens is 290 g/mol. The molecule has 1 aliphatic rings. The highest BCUT2D eigenvalue weighted by Gasteiger charge is 2.43. The molecule has 2 aromatic rings. The van der Waals surface area contributed by atoms with Crippen molar-refractivity contribution in [2.24, 2.45) is 0 Å². The highest BCUT2D eigenvalue weighted by Crippen LogP contribution is 2.43. The van der Waals surface area contributed by atoms with E-state index in [1.54, 1.807) is 0 Å². The molecule has 0 spiro atoms. The van der Waals surface area contributed by atoms with E-state index in [1.807, 2.05) is 0 Å². The molecule has 0 atom stereocenters. The lowest BCUT2D eigenvalue weighted by molar-refractivity contribution is -0.439. The van der Waals surface area contributed by atoms with Gasteiger partial charge in [0.15, 0.2) is 5.71 Å². The fourth-order valence-electron chi connectivity index (χ4n) is 4.18. The van der Waals surface area contributed by atoms with Gasteiger partial charge >= 0.3 is 0 Å². The maximum Gasteiger partial charge on any atom is 0.210 e. The van der Waals surface area contributed by atoms with E-state index in [9.17, 15) is 0 Å². The Morgan fingerprint density at radius 3 is 2.38 bits per heavy atom. The standard InChI is InChI=1S/C23H32N/c1-5-6-7-8-9-12-17-24-18(2)23(3,4)22-20-14-11-10-13-19(20)15-16-21(22)24/h10-11,13-16H,5-9,12,17H2,1-4H3/q+1. The lowest BCUT2D eigenvalue weighted by atomic mass is 9.80. The van der Waals surface area contributed by atoms with Crippen molar-refractivity contribution in [3.8, 4) is 0 Å². The van der Waals surface area contributed by atoms with E-state index in [0.29, 0.717) is 0 Å². The molecular formula is C23H32N+. The smallest absolute Gasteiger partial charge is 0.199 e.